The molecule has 1 unspecified atom stereocenters. The number of oxime groups is 1. The minimum Gasteiger partial charge on any atom is -0.393 e. The lowest BCUT2D eigenvalue weighted by atomic mass is 10.1. The lowest BCUT2D eigenvalue weighted by Crippen LogP contribution is -2.37. The topological polar surface area (TPSA) is 185 Å². The maximum atomic E-state index is 13.3. The second kappa shape index (κ2) is 9.66. The SMILES string of the molecule is Cc1ccc(NS(=O)(=O)c2ccc(F)c(Cl)c2)c(=O)n1C(CCON=C(N)N)C(N)=O. The van der Waals surface area contributed by atoms with Gasteiger partial charge in [0.1, 0.15) is 24.2 Å². The summed E-state index contributed by atoms with van der Waals surface area (Å²) in [7, 11) is -4.28. The molecule has 0 fully saturated rings. The van der Waals surface area contributed by atoms with Crippen molar-refractivity contribution in [1.82, 2.24) is 4.57 Å². The number of carbonyl (C=O) groups excluding carboxylic acids is 1. The Morgan fingerprint density at radius 1 is 1.29 bits per heavy atom. The van der Waals surface area contributed by atoms with Gasteiger partial charge in [-0.15, -0.1) is 0 Å². The number of aryl methyl sites for hydroxylation is 1. The van der Waals surface area contributed by atoms with Gasteiger partial charge in [0.15, 0.2) is 0 Å². The maximum absolute atomic E-state index is 13.3. The first-order chi connectivity index (χ1) is 14.4. The second-order valence-electron chi connectivity index (χ2n) is 6.30. The Hall–Kier alpha value is -3.32. The lowest BCUT2D eigenvalue weighted by Gasteiger charge is -2.20. The number of guanidine groups is 1. The highest BCUT2D eigenvalue weighted by Crippen LogP contribution is 2.22. The summed E-state index contributed by atoms with van der Waals surface area (Å²) in [5, 5.41) is 2.91. The van der Waals surface area contributed by atoms with E-state index in [1.165, 1.54) is 19.1 Å². The molecule has 0 bridgehead atoms. The molecule has 0 aliphatic heterocycles. The van der Waals surface area contributed by atoms with Crippen molar-refractivity contribution in [3.8, 4) is 0 Å². The van der Waals surface area contributed by atoms with E-state index >= 15 is 0 Å². The maximum Gasteiger partial charge on any atom is 0.275 e. The molecule has 0 radical (unpaired) electrons. The van der Waals surface area contributed by atoms with Crippen LogP contribution in [0.4, 0.5) is 10.1 Å². The molecule has 1 aromatic heterocycles. The number of primary amides is 1. The molecule has 14 heteroatoms. The monoisotopic (exact) mass is 474 g/mol. The summed E-state index contributed by atoms with van der Waals surface area (Å²) in [5.74, 6) is -1.99. The van der Waals surface area contributed by atoms with Crippen molar-refractivity contribution in [3.63, 3.8) is 0 Å². The van der Waals surface area contributed by atoms with Crippen LogP contribution in [0.15, 0.2) is 45.2 Å². The molecular formula is C17H20ClFN6O5S. The van der Waals surface area contributed by atoms with Gasteiger partial charge in [-0.1, -0.05) is 11.6 Å². The van der Waals surface area contributed by atoms with E-state index in [4.69, 9.17) is 33.6 Å². The summed E-state index contributed by atoms with van der Waals surface area (Å²) in [6.07, 6.45) is -0.0728. The quantitative estimate of drug-likeness (QED) is 0.175. The van der Waals surface area contributed by atoms with Crippen LogP contribution in [-0.4, -0.2) is 31.5 Å². The van der Waals surface area contributed by atoms with Gasteiger partial charge < -0.3 is 22.0 Å². The highest BCUT2D eigenvalue weighted by Gasteiger charge is 2.24. The zero-order chi connectivity index (χ0) is 23.3. The number of nitrogens with two attached hydrogens (primary N) is 3. The molecule has 0 spiro atoms. The Morgan fingerprint density at radius 2 is 1.97 bits per heavy atom. The fraction of sp³-hybridized carbons (Fsp3) is 0.235. The van der Waals surface area contributed by atoms with Gasteiger partial charge in [-0.05, 0) is 42.4 Å². The lowest BCUT2D eigenvalue weighted by molar-refractivity contribution is -0.121. The summed E-state index contributed by atoms with van der Waals surface area (Å²) in [6, 6.07) is 4.24. The van der Waals surface area contributed by atoms with Crippen LogP contribution in [-0.2, 0) is 19.7 Å². The molecule has 1 aromatic carbocycles. The number of amides is 1. The van der Waals surface area contributed by atoms with E-state index in [1.54, 1.807) is 0 Å². The molecule has 0 aliphatic carbocycles. The number of pyridine rings is 1. The molecule has 1 atom stereocenters. The van der Waals surface area contributed by atoms with Gasteiger partial charge in [0, 0.05) is 12.1 Å². The van der Waals surface area contributed by atoms with E-state index in [1.807, 2.05) is 0 Å². The van der Waals surface area contributed by atoms with Gasteiger partial charge in [-0.25, -0.2) is 12.8 Å². The largest absolute Gasteiger partial charge is 0.393 e. The smallest absolute Gasteiger partial charge is 0.275 e. The van der Waals surface area contributed by atoms with E-state index in [0.29, 0.717) is 5.69 Å². The first kappa shape index (κ1) is 24.0. The van der Waals surface area contributed by atoms with Gasteiger partial charge >= 0.3 is 0 Å². The van der Waals surface area contributed by atoms with Crippen LogP contribution in [0.3, 0.4) is 0 Å². The number of anilines is 1. The molecule has 11 nitrogen and oxygen atoms in total. The minimum atomic E-state index is -4.28. The summed E-state index contributed by atoms with van der Waals surface area (Å²) in [5.41, 5.74) is 14.8. The molecule has 0 saturated heterocycles. The highest BCUT2D eigenvalue weighted by atomic mass is 35.5. The van der Waals surface area contributed by atoms with Crippen molar-refractivity contribution < 1.29 is 22.4 Å². The van der Waals surface area contributed by atoms with Crippen molar-refractivity contribution in [1.29, 1.82) is 0 Å². The predicted molar refractivity (Wildman–Crippen MR) is 112 cm³/mol. The normalized spacial score (nSPS) is 12.1. The van der Waals surface area contributed by atoms with E-state index in [-0.39, 0.29) is 29.6 Å². The predicted octanol–water partition coefficient (Wildman–Crippen LogP) is 0.372. The third kappa shape index (κ3) is 5.86. The number of benzene rings is 1. The van der Waals surface area contributed by atoms with Gasteiger partial charge in [0.25, 0.3) is 15.6 Å². The van der Waals surface area contributed by atoms with Gasteiger partial charge in [-0.2, -0.15) is 0 Å². The Bertz CT molecular complexity index is 1180. The van der Waals surface area contributed by atoms with Crippen LogP contribution in [0.5, 0.6) is 0 Å². The average molecular weight is 475 g/mol. The Kier molecular flexibility index (Phi) is 7.46. The number of hydrogen-bond acceptors (Lipinski definition) is 6. The molecule has 168 valence electrons. The summed E-state index contributed by atoms with van der Waals surface area (Å²) in [4.78, 5) is 29.4. The van der Waals surface area contributed by atoms with Crippen LogP contribution in [0.25, 0.3) is 0 Å². The Morgan fingerprint density at radius 3 is 2.55 bits per heavy atom. The number of rotatable bonds is 9. The highest BCUT2D eigenvalue weighted by molar-refractivity contribution is 7.92. The Labute approximate surface area is 181 Å². The summed E-state index contributed by atoms with van der Waals surface area (Å²) in [6.45, 7) is 1.38. The van der Waals surface area contributed by atoms with Gasteiger partial charge in [0.2, 0.25) is 11.9 Å². The van der Waals surface area contributed by atoms with Crippen molar-refractivity contribution in [2.45, 2.75) is 24.3 Å². The van der Waals surface area contributed by atoms with E-state index in [9.17, 15) is 22.4 Å². The zero-order valence-electron chi connectivity index (χ0n) is 16.2. The third-order valence-corrected chi connectivity index (χ3v) is 5.71. The van der Waals surface area contributed by atoms with Crippen molar-refractivity contribution >= 4 is 39.2 Å². The second-order valence-corrected chi connectivity index (χ2v) is 8.39. The fourth-order valence-corrected chi connectivity index (χ4v) is 3.97. The molecule has 31 heavy (non-hydrogen) atoms. The summed E-state index contributed by atoms with van der Waals surface area (Å²) >= 11 is 5.64. The van der Waals surface area contributed by atoms with Crippen LogP contribution >= 0.6 is 11.6 Å². The fourth-order valence-electron chi connectivity index (χ4n) is 2.64. The first-order valence-electron chi connectivity index (χ1n) is 8.64. The number of aromatic nitrogens is 1. The van der Waals surface area contributed by atoms with Crippen molar-refractivity contribution in [2.75, 3.05) is 11.3 Å². The molecular weight excluding hydrogens is 455 g/mol. The molecule has 2 rings (SSSR count). The molecule has 7 N–H and O–H groups in total. The number of hydrogen-bond donors (Lipinski definition) is 4. The number of sulfonamides is 1. The summed E-state index contributed by atoms with van der Waals surface area (Å²) < 4.78 is 41.7. The van der Waals surface area contributed by atoms with E-state index in [0.717, 1.165) is 22.8 Å². The molecule has 0 saturated carbocycles. The standard InChI is InChI=1S/C17H20ClFN6O5S/c1-9-2-5-13(24-31(28,29)10-3-4-12(19)11(18)8-10)16(27)25(9)14(15(20)26)6-7-30-23-17(21)22/h2-5,8,14,24H,6-7H2,1H3,(H2,20,26)(H4,21,22,23). The number of nitrogens with one attached hydrogen (secondary N) is 1. The average Bonchev–Trinajstić information content (AvgIpc) is 2.67. The number of carbonyl (C=O) groups is 1. The van der Waals surface area contributed by atoms with Crippen molar-refractivity contribution in [2.24, 2.45) is 22.4 Å². The van der Waals surface area contributed by atoms with Crippen LogP contribution < -0.4 is 27.5 Å². The Balaban J connectivity index is 2.40. The first-order valence-corrected chi connectivity index (χ1v) is 10.5. The molecule has 0 aliphatic rings. The van der Waals surface area contributed by atoms with Crippen LogP contribution in [0, 0.1) is 12.7 Å². The van der Waals surface area contributed by atoms with Crippen LogP contribution in [0.2, 0.25) is 5.02 Å². The van der Waals surface area contributed by atoms with Crippen molar-refractivity contribution in [3.05, 3.63) is 57.2 Å². The molecule has 1 heterocycles. The number of halogens is 2. The minimum absolute atomic E-state index is 0.0728. The van der Waals surface area contributed by atoms with Crippen LogP contribution in [0.1, 0.15) is 18.2 Å². The third-order valence-electron chi connectivity index (χ3n) is 4.06. The van der Waals surface area contributed by atoms with Gasteiger partial charge in [0.05, 0.1) is 9.92 Å². The van der Waals surface area contributed by atoms with E-state index in [2.05, 4.69) is 9.88 Å². The molecule has 1 amide bonds. The van der Waals surface area contributed by atoms with Gasteiger partial charge in [-0.3, -0.25) is 18.9 Å². The van der Waals surface area contributed by atoms with E-state index < -0.39 is 38.4 Å². The number of nitrogens with zero attached hydrogens (tertiary/aromatic N) is 2. The zero-order valence-corrected chi connectivity index (χ0v) is 17.8. The molecule has 2 aromatic rings.